The summed E-state index contributed by atoms with van der Waals surface area (Å²) in [5, 5.41) is 11.3. The Morgan fingerprint density at radius 1 is 0.745 bits per heavy atom. The Labute approximate surface area is 350 Å². The van der Waals surface area contributed by atoms with E-state index in [4.69, 9.17) is 16.0 Å². The van der Waals surface area contributed by atoms with Gasteiger partial charge in [0.2, 0.25) is 0 Å². The molecule has 0 bridgehead atoms. The number of pyridine rings is 1. The number of aromatic hydroxyl groups is 1. The van der Waals surface area contributed by atoms with Crippen molar-refractivity contribution in [2.45, 2.75) is 52.8 Å². The number of fused-ring (bicyclic) bond motifs is 1. The van der Waals surface area contributed by atoms with Gasteiger partial charge in [0.1, 0.15) is 11.6 Å². The van der Waals surface area contributed by atoms with Crippen LogP contribution in [0, 0.1) is 12.9 Å². The van der Waals surface area contributed by atoms with Gasteiger partial charge in [-0.25, -0.2) is 4.98 Å². The Hall–Kier alpha value is -5.57. The molecule has 276 valence electrons. The molecule has 0 aliphatic carbocycles. The first-order chi connectivity index (χ1) is 29.2. The molecule has 55 heavy (non-hydrogen) atoms. The van der Waals surface area contributed by atoms with Gasteiger partial charge in [0.25, 0.3) is 0 Å². The van der Waals surface area contributed by atoms with Crippen LogP contribution in [0.2, 0.25) is 0 Å². The summed E-state index contributed by atoms with van der Waals surface area (Å²) >= 11 is 0. The third-order valence-corrected chi connectivity index (χ3v) is 9.70. The van der Waals surface area contributed by atoms with Gasteiger partial charge in [-0.2, -0.15) is 0 Å². The van der Waals surface area contributed by atoms with Gasteiger partial charge in [0.05, 0.1) is 27.8 Å². The van der Waals surface area contributed by atoms with Crippen LogP contribution in [-0.4, -0.2) is 19.6 Å². The number of hydrogen-bond donors (Lipinski definition) is 1. The molecule has 0 unspecified atom stereocenters. The fraction of sp³-hybridized carbons (Fsp3) is 0.160. The van der Waals surface area contributed by atoms with E-state index in [2.05, 4.69) is 48.5 Å². The number of hydrogen-bond acceptors (Lipinski definition) is 3. The van der Waals surface area contributed by atoms with Crippen molar-refractivity contribution in [2.24, 2.45) is 0 Å². The fourth-order valence-electron chi connectivity index (χ4n) is 6.77. The standard InChI is InChI=1S/C50H44N3O.Pt/c1-32(2)36-23-24-45(43(30-36)35-13-8-7-9-14-35)53-46-17-12-16-41(48(46)52-49(53)42-15-10-11-18-47(42)54)38-27-39(29-40(28-38)50(4,5)6)44-31-37(25-26-51-44)34-21-19-33(3)20-22-34;/h7-26,28-32,54H,1-6H3;/q-1;/i3D3,19D,20D,21D,22D,32D;. The summed E-state index contributed by atoms with van der Waals surface area (Å²) in [6, 6.07) is 38.0. The second kappa shape index (κ2) is 15.3. The molecule has 8 aromatic rings. The van der Waals surface area contributed by atoms with E-state index in [-0.39, 0.29) is 37.8 Å². The van der Waals surface area contributed by atoms with Crippen molar-refractivity contribution < 1.29 is 37.1 Å². The van der Waals surface area contributed by atoms with Crippen molar-refractivity contribution >= 4 is 11.0 Å². The number of rotatable bonds is 7. The number of nitrogens with zero attached hydrogens (tertiary/aromatic N) is 3. The molecule has 0 atom stereocenters. The molecular formula is C50H44N3OPt-. The second-order valence-electron chi connectivity index (χ2n) is 14.7. The van der Waals surface area contributed by atoms with E-state index >= 15 is 0 Å². The average molecular weight is 906 g/mol. The zero-order valence-corrected chi connectivity index (χ0v) is 33.4. The van der Waals surface area contributed by atoms with E-state index < -0.39 is 42.5 Å². The normalized spacial score (nSPS) is 14.1. The van der Waals surface area contributed by atoms with Gasteiger partial charge in [-0.1, -0.05) is 142 Å². The summed E-state index contributed by atoms with van der Waals surface area (Å²) in [6.45, 7) is 7.23. The Morgan fingerprint density at radius 2 is 1.47 bits per heavy atom. The van der Waals surface area contributed by atoms with E-state index in [0.717, 1.165) is 44.6 Å². The van der Waals surface area contributed by atoms with E-state index in [1.165, 1.54) is 6.20 Å². The van der Waals surface area contributed by atoms with Crippen LogP contribution in [0.1, 0.15) is 68.2 Å². The summed E-state index contributed by atoms with van der Waals surface area (Å²) in [4.78, 5) is 10.0. The number of phenols is 1. The summed E-state index contributed by atoms with van der Waals surface area (Å²) in [6.07, 6.45) is 1.53. The van der Waals surface area contributed by atoms with Gasteiger partial charge < -0.3 is 5.11 Å². The van der Waals surface area contributed by atoms with Crippen molar-refractivity contribution in [2.75, 3.05) is 0 Å². The topological polar surface area (TPSA) is 50.9 Å². The number of imidazole rings is 1. The molecule has 0 amide bonds. The van der Waals surface area contributed by atoms with Crippen molar-refractivity contribution in [1.82, 2.24) is 14.5 Å². The Bertz CT molecular complexity index is 3010. The van der Waals surface area contributed by atoms with Gasteiger partial charge in [-0.05, 0) is 76.8 Å². The molecule has 0 fully saturated rings. The molecule has 0 aliphatic heterocycles. The van der Waals surface area contributed by atoms with E-state index in [9.17, 15) is 5.11 Å². The third kappa shape index (κ3) is 7.44. The molecule has 0 radical (unpaired) electrons. The summed E-state index contributed by atoms with van der Waals surface area (Å²) < 4.78 is 69.0. The number of para-hydroxylation sites is 2. The maximum Gasteiger partial charge on any atom is 0.148 e. The number of phenolic OH excluding ortho intramolecular Hbond substituents is 1. The van der Waals surface area contributed by atoms with Crippen molar-refractivity contribution in [1.29, 1.82) is 0 Å². The minimum atomic E-state index is -2.82. The zero-order chi connectivity index (χ0) is 44.5. The summed E-state index contributed by atoms with van der Waals surface area (Å²) in [5.41, 5.74) is 8.39. The SMILES string of the molecule is [2H]c1c([2H])c(C([2H])([2H])[2H])c([2H])c([2H])c1-c1ccnc(-c2[c-]c(-c3cccc4c3nc(-c3ccccc3O)n4-c3ccc(C([2H])(C)C)cc3-c3ccccc3)cc(C(C)(C)C)c2)c1.[Pt]. The molecule has 0 aliphatic rings. The Morgan fingerprint density at radius 3 is 2.20 bits per heavy atom. The zero-order valence-electron chi connectivity index (χ0n) is 39.2. The van der Waals surface area contributed by atoms with Crippen LogP contribution in [-0.2, 0) is 26.5 Å². The maximum atomic E-state index is 11.3. The predicted octanol–water partition coefficient (Wildman–Crippen LogP) is 13.0. The third-order valence-electron chi connectivity index (χ3n) is 9.70. The van der Waals surface area contributed by atoms with Crippen LogP contribution in [0.4, 0.5) is 0 Å². The number of benzene rings is 6. The molecule has 2 heterocycles. The van der Waals surface area contributed by atoms with Gasteiger partial charge in [-0.15, -0.1) is 29.3 Å². The quantitative estimate of drug-likeness (QED) is 0.162. The van der Waals surface area contributed by atoms with Crippen molar-refractivity contribution in [3.05, 3.63) is 168 Å². The largest absolute Gasteiger partial charge is 0.507 e. The first-order valence-corrected chi connectivity index (χ1v) is 17.9. The predicted molar refractivity (Wildman–Crippen MR) is 224 cm³/mol. The molecule has 1 N–H and O–H groups in total. The number of aromatic nitrogens is 3. The first kappa shape index (κ1) is 28.8. The molecular weight excluding hydrogens is 854 g/mol. The summed E-state index contributed by atoms with van der Waals surface area (Å²) in [5.74, 6) is -0.272. The van der Waals surface area contributed by atoms with Crippen LogP contribution in [0.3, 0.4) is 0 Å². The minimum Gasteiger partial charge on any atom is -0.507 e. The minimum absolute atomic E-state index is 0. The van der Waals surface area contributed by atoms with Crippen LogP contribution in [0.15, 0.2) is 146 Å². The second-order valence-corrected chi connectivity index (χ2v) is 14.7. The van der Waals surface area contributed by atoms with Crippen LogP contribution in [0.25, 0.3) is 72.7 Å². The van der Waals surface area contributed by atoms with Gasteiger partial charge in [0.15, 0.2) is 0 Å². The molecule has 4 nitrogen and oxygen atoms in total. The molecule has 0 saturated heterocycles. The van der Waals surface area contributed by atoms with Gasteiger partial charge >= 0.3 is 0 Å². The van der Waals surface area contributed by atoms with Crippen LogP contribution >= 0.6 is 0 Å². The molecule has 8 rings (SSSR count). The van der Waals surface area contributed by atoms with Crippen LogP contribution < -0.4 is 0 Å². The molecule has 2 aromatic heterocycles. The average Bonchev–Trinajstić information content (AvgIpc) is 3.61. The van der Waals surface area contributed by atoms with E-state index in [0.29, 0.717) is 33.7 Å². The van der Waals surface area contributed by atoms with Gasteiger partial charge in [-0.3, -0.25) is 9.55 Å². The fourth-order valence-corrected chi connectivity index (χ4v) is 6.77. The molecule has 6 aromatic carbocycles. The monoisotopic (exact) mass is 905 g/mol. The van der Waals surface area contributed by atoms with E-state index in [1.807, 2.05) is 92.7 Å². The van der Waals surface area contributed by atoms with Crippen molar-refractivity contribution in [3.63, 3.8) is 0 Å². The molecule has 0 spiro atoms. The van der Waals surface area contributed by atoms with Crippen LogP contribution in [0.5, 0.6) is 5.75 Å². The van der Waals surface area contributed by atoms with Gasteiger partial charge in [0, 0.05) is 44.0 Å². The maximum absolute atomic E-state index is 11.3. The molecule has 0 saturated carbocycles. The van der Waals surface area contributed by atoms with Crippen molar-refractivity contribution in [3.8, 4) is 67.5 Å². The summed E-state index contributed by atoms with van der Waals surface area (Å²) in [7, 11) is 0. The Kier molecular flexibility index (Phi) is 8.01. The first-order valence-electron chi connectivity index (χ1n) is 21.9. The Balaban J connectivity index is 0.00000595. The smallest absolute Gasteiger partial charge is 0.148 e. The van der Waals surface area contributed by atoms with E-state index in [1.54, 1.807) is 24.3 Å². The molecule has 5 heteroatoms.